The number of aromatic nitrogens is 1. The predicted octanol–water partition coefficient (Wildman–Crippen LogP) is 2.17. The van der Waals surface area contributed by atoms with Gasteiger partial charge in [0.05, 0.1) is 6.54 Å². The average molecular weight is 284 g/mol. The molecule has 0 fully saturated rings. The summed E-state index contributed by atoms with van der Waals surface area (Å²) in [4.78, 5) is 12.2. The zero-order valence-corrected chi connectivity index (χ0v) is 11.5. The van der Waals surface area contributed by atoms with Crippen LogP contribution >= 0.6 is 0 Å². The first-order valence-electron chi connectivity index (χ1n) is 6.64. The number of rotatable bonds is 2. The van der Waals surface area contributed by atoms with Crippen LogP contribution in [0, 0.1) is 24.1 Å². The summed E-state index contributed by atoms with van der Waals surface area (Å²) in [6, 6.07) is 9.56. The minimum Gasteiger partial charge on any atom is -0.488 e. The van der Waals surface area contributed by atoms with Crippen LogP contribution < -0.4 is 10.3 Å². The lowest BCUT2D eigenvalue weighted by Gasteiger charge is -2.15. The number of nitriles is 1. The van der Waals surface area contributed by atoms with Crippen LogP contribution in [0.4, 0.5) is 4.39 Å². The minimum atomic E-state index is -0.316. The molecule has 1 aromatic heterocycles. The number of benzene rings is 1. The Morgan fingerprint density at radius 2 is 2.24 bits per heavy atom. The van der Waals surface area contributed by atoms with Crippen molar-refractivity contribution in [2.45, 2.75) is 26.0 Å². The Morgan fingerprint density at radius 3 is 3.00 bits per heavy atom. The second-order valence-corrected chi connectivity index (χ2v) is 5.11. The van der Waals surface area contributed by atoms with Gasteiger partial charge in [0.1, 0.15) is 29.3 Å². The Hall–Kier alpha value is -2.61. The number of fused-ring (bicyclic) bond motifs is 1. The van der Waals surface area contributed by atoms with E-state index in [1.807, 2.05) is 13.0 Å². The number of aryl methyl sites for hydroxylation is 1. The summed E-state index contributed by atoms with van der Waals surface area (Å²) in [6.07, 6.45) is 0.322. The van der Waals surface area contributed by atoms with E-state index in [0.717, 1.165) is 11.3 Å². The minimum absolute atomic E-state index is 0.113. The van der Waals surface area contributed by atoms with Gasteiger partial charge >= 0.3 is 0 Å². The summed E-state index contributed by atoms with van der Waals surface area (Å²) < 4.78 is 20.5. The van der Waals surface area contributed by atoms with E-state index in [1.54, 1.807) is 12.1 Å². The molecule has 2 heterocycles. The number of ether oxygens (including phenoxy) is 1. The Bertz CT molecular complexity index is 805. The first kappa shape index (κ1) is 13.4. The van der Waals surface area contributed by atoms with Crippen LogP contribution in [0.2, 0.25) is 0 Å². The summed E-state index contributed by atoms with van der Waals surface area (Å²) in [5, 5.41) is 8.93. The topological polar surface area (TPSA) is 55.0 Å². The van der Waals surface area contributed by atoms with Gasteiger partial charge in [-0.05, 0) is 37.3 Å². The fourth-order valence-corrected chi connectivity index (χ4v) is 2.58. The van der Waals surface area contributed by atoms with Crippen LogP contribution in [-0.4, -0.2) is 10.7 Å². The summed E-state index contributed by atoms with van der Waals surface area (Å²) in [7, 11) is 0. The third-order valence-corrected chi connectivity index (χ3v) is 3.66. The normalized spacial score (nSPS) is 16.1. The Balaban J connectivity index is 1.87. The van der Waals surface area contributed by atoms with Crippen LogP contribution in [0.25, 0.3) is 0 Å². The molecular weight excluding hydrogens is 271 g/mol. The lowest BCUT2D eigenvalue weighted by atomic mass is 10.1. The summed E-state index contributed by atoms with van der Waals surface area (Å²) in [6.45, 7) is 2.15. The maximum atomic E-state index is 13.2. The fourth-order valence-electron chi connectivity index (χ4n) is 2.58. The Labute approximate surface area is 121 Å². The molecule has 0 saturated carbocycles. The number of halogens is 1. The van der Waals surface area contributed by atoms with E-state index in [-0.39, 0.29) is 23.0 Å². The van der Waals surface area contributed by atoms with Crippen molar-refractivity contribution in [2.75, 3.05) is 0 Å². The Morgan fingerprint density at radius 1 is 1.43 bits per heavy atom. The molecule has 0 saturated heterocycles. The van der Waals surface area contributed by atoms with E-state index in [9.17, 15) is 9.18 Å². The van der Waals surface area contributed by atoms with Crippen molar-refractivity contribution < 1.29 is 9.13 Å². The third-order valence-electron chi connectivity index (χ3n) is 3.66. The van der Waals surface area contributed by atoms with Crippen LogP contribution in [-0.2, 0) is 13.0 Å². The molecular formula is C16H13FN2O2. The summed E-state index contributed by atoms with van der Waals surface area (Å²) in [5.41, 5.74) is 1.37. The van der Waals surface area contributed by atoms with Crippen molar-refractivity contribution in [3.63, 3.8) is 0 Å². The third kappa shape index (κ3) is 2.40. The lowest BCUT2D eigenvalue weighted by molar-refractivity contribution is 0.206. The van der Waals surface area contributed by atoms with Crippen molar-refractivity contribution in [2.24, 2.45) is 0 Å². The molecule has 1 aliphatic heterocycles. The number of nitrogens with zero attached hydrogens (tertiary/aromatic N) is 2. The Kier molecular flexibility index (Phi) is 3.22. The highest BCUT2D eigenvalue weighted by molar-refractivity contribution is 5.38. The number of hydrogen-bond acceptors (Lipinski definition) is 3. The molecule has 4 nitrogen and oxygen atoms in total. The fraction of sp³-hybridized carbons (Fsp3) is 0.250. The van der Waals surface area contributed by atoms with Gasteiger partial charge < -0.3 is 9.30 Å². The van der Waals surface area contributed by atoms with E-state index in [2.05, 4.69) is 0 Å². The smallest absolute Gasteiger partial charge is 0.268 e. The van der Waals surface area contributed by atoms with E-state index in [0.29, 0.717) is 18.7 Å². The zero-order chi connectivity index (χ0) is 15.0. The van der Waals surface area contributed by atoms with Crippen molar-refractivity contribution >= 4 is 0 Å². The number of hydrogen-bond donors (Lipinski definition) is 0. The number of pyridine rings is 1. The molecule has 1 atom stereocenters. The molecule has 0 amide bonds. The van der Waals surface area contributed by atoms with Crippen molar-refractivity contribution in [3.8, 4) is 11.8 Å². The van der Waals surface area contributed by atoms with Crippen LogP contribution in [0.1, 0.15) is 16.8 Å². The molecule has 106 valence electrons. The zero-order valence-electron chi connectivity index (χ0n) is 11.5. The standard InChI is InChI=1S/C16H13FN2O2/c1-10-2-3-11(8-18)16(20)19(10)9-14-7-12-6-13(17)4-5-15(12)21-14/h2-6,14H,7,9H2,1H3. The van der Waals surface area contributed by atoms with Gasteiger partial charge in [0, 0.05) is 17.7 Å². The highest BCUT2D eigenvalue weighted by atomic mass is 19.1. The molecule has 21 heavy (non-hydrogen) atoms. The molecule has 0 aliphatic carbocycles. The van der Waals surface area contributed by atoms with E-state index >= 15 is 0 Å². The lowest BCUT2D eigenvalue weighted by Crippen LogP contribution is -2.31. The molecule has 0 radical (unpaired) electrons. The van der Waals surface area contributed by atoms with Gasteiger partial charge in [0.15, 0.2) is 0 Å². The van der Waals surface area contributed by atoms with E-state index in [4.69, 9.17) is 10.00 Å². The van der Waals surface area contributed by atoms with Gasteiger partial charge in [0.25, 0.3) is 5.56 Å². The molecule has 5 heteroatoms. The molecule has 0 N–H and O–H groups in total. The molecule has 0 spiro atoms. The molecule has 0 bridgehead atoms. The van der Waals surface area contributed by atoms with Crippen LogP contribution in [0.15, 0.2) is 35.1 Å². The highest BCUT2D eigenvalue weighted by Crippen LogP contribution is 2.29. The molecule has 3 rings (SSSR count). The summed E-state index contributed by atoms with van der Waals surface area (Å²) in [5.74, 6) is 0.362. The van der Waals surface area contributed by atoms with Gasteiger partial charge in [-0.15, -0.1) is 0 Å². The first-order chi connectivity index (χ1) is 10.1. The van der Waals surface area contributed by atoms with Gasteiger partial charge in [0.2, 0.25) is 0 Å². The molecule has 1 unspecified atom stereocenters. The van der Waals surface area contributed by atoms with Crippen LogP contribution in [0.3, 0.4) is 0 Å². The van der Waals surface area contributed by atoms with Crippen molar-refractivity contribution in [3.05, 3.63) is 63.3 Å². The monoisotopic (exact) mass is 284 g/mol. The second kappa shape index (κ2) is 5.06. The molecule has 1 aromatic carbocycles. The van der Waals surface area contributed by atoms with Gasteiger partial charge in [-0.2, -0.15) is 5.26 Å². The largest absolute Gasteiger partial charge is 0.488 e. The highest BCUT2D eigenvalue weighted by Gasteiger charge is 2.24. The van der Waals surface area contributed by atoms with Crippen molar-refractivity contribution in [1.82, 2.24) is 4.57 Å². The van der Waals surface area contributed by atoms with Crippen LogP contribution in [0.5, 0.6) is 5.75 Å². The second-order valence-electron chi connectivity index (χ2n) is 5.11. The van der Waals surface area contributed by atoms with E-state index < -0.39 is 0 Å². The quantitative estimate of drug-likeness (QED) is 0.849. The van der Waals surface area contributed by atoms with Crippen molar-refractivity contribution in [1.29, 1.82) is 5.26 Å². The SMILES string of the molecule is Cc1ccc(C#N)c(=O)n1CC1Cc2cc(F)ccc2O1. The van der Waals surface area contributed by atoms with Gasteiger partial charge in [-0.1, -0.05) is 0 Å². The van der Waals surface area contributed by atoms with Gasteiger partial charge in [-0.25, -0.2) is 4.39 Å². The predicted molar refractivity (Wildman–Crippen MR) is 74.7 cm³/mol. The maximum absolute atomic E-state index is 13.2. The summed E-state index contributed by atoms with van der Waals surface area (Å²) >= 11 is 0. The first-order valence-corrected chi connectivity index (χ1v) is 6.64. The molecule has 1 aliphatic rings. The van der Waals surface area contributed by atoms with E-state index in [1.165, 1.54) is 22.8 Å². The average Bonchev–Trinajstić information content (AvgIpc) is 2.85. The van der Waals surface area contributed by atoms with Gasteiger partial charge in [-0.3, -0.25) is 4.79 Å². The maximum Gasteiger partial charge on any atom is 0.268 e. The molecule has 2 aromatic rings.